The summed E-state index contributed by atoms with van der Waals surface area (Å²) in [6.07, 6.45) is 0.395. The Hall–Kier alpha value is -2.55. The predicted molar refractivity (Wildman–Crippen MR) is 121 cm³/mol. The summed E-state index contributed by atoms with van der Waals surface area (Å²) in [4.78, 5) is 6.40. The highest BCUT2D eigenvalue weighted by Gasteiger charge is 2.32. The Balaban J connectivity index is 1.73. The van der Waals surface area contributed by atoms with Crippen LogP contribution in [-0.2, 0) is 12.3 Å². The van der Waals surface area contributed by atoms with Crippen molar-refractivity contribution in [2.75, 3.05) is 0 Å². The first-order valence-electron chi connectivity index (χ1n) is 9.70. The molecule has 0 N–H and O–H groups in total. The molecule has 4 aromatic rings. The van der Waals surface area contributed by atoms with Gasteiger partial charge in [0.2, 0.25) is 11.8 Å². The van der Waals surface area contributed by atoms with Crippen LogP contribution in [0.2, 0.25) is 5.02 Å². The molecule has 4 heterocycles. The van der Waals surface area contributed by atoms with Gasteiger partial charge in [-0.25, -0.2) is 0 Å². The topological polar surface area (TPSA) is 82.0 Å². The molecule has 158 valence electrons. The summed E-state index contributed by atoms with van der Waals surface area (Å²) in [5, 5.41) is 18.7. The monoisotopic (exact) mass is 472 g/mol. The van der Waals surface area contributed by atoms with E-state index in [1.165, 1.54) is 10.4 Å². The van der Waals surface area contributed by atoms with Gasteiger partial charge in [-0.05, 0) is 38.5 Å². The number of halogens is 2. The maximum absolute atomic E-state index is 6.15. The highest BCUT2D eigenvalue weighted by atomic mass is 35.5. The summed E-state index contributed by atoms with van der Waals surface area (Å²) in [6, 6.07) is 7.39. The zero-order chi connectivity index (χ0) is 21.7. The third-order valence-electron chi connectivity index (χ3n) is 5.35. The van der Waals surface area contributed by atoms with Crippen LogP contribution >= 0.6 is 34.5 Å². The predicted octanol–water partition coefficient (Wildman–Crippen LogP) is 5.16. The van der Waals surface area contributed by atoms with Gasteiger partial charge in [0.25, 0.3) is 0 Å². The summed E-state index contributed by atoms with van der Waals surface area (Å²) < 4.78 is 7.75. The lowest BCUT2D eigenvalue weighted by molar-refractivity contribution is 0.443. The van der Waals surface area contributed by atoms with Crippen molar-refractivity contribution in [3.8, 4) is 5.00 Å². The Bertz CT molecular complexity index is 1300. The van der Waals surface area contributed by atoms with Crippen molar-refractivity contribution < 1.29 is 4.42 Å². The van der Waals surface area contributed by atoms with Crippen LogP contribution < -0.4 is 0 Å². The smallest absolute Gasteiger partial charge is 0.231 e. The summed E-state index contributed by atoms with van der Waals surface area (Å²) in [5.74, 6) is 2.57. The van der Waals surface area contributed by atoms with E-state index < -0.39 is 0 Å². The molecular weight excluding hydrogens is 455 g/mol. The SMILES string of the molecule is Cc1sc2c(c1C)C(c1ccc(Cl)cc1)=N[C@@H](Cc1nnc(CCl)o1)c1nnc(C)n1-2. The van der Waals surface area contributed by atoms with Crippen molar-refractivity contribution >= 4 is 40.3 Å². The van der Waals surface area contributed by atoms with Gasteiger partial charge in [0.15, 0.2) is 5.82 Å². The normalized spacial score (nSPS) is 15.4. The standard InChI is InChI=1S/C21H18Cl2N6OS/c1-10-11(2)31-21-18(10)19(13-4-6-14(23)7-5-13)24-15(20-28-25-12(3)29(20)21)8-16-26-27-17(9-22)30-16/h4-7,15H,8-9H2,1-3H3/t15-/m0/s1. The molecule has 0 aliphatic carbocycles. The molecule has 0 unspecified atom stereocenters. The minimum absolute atomic E-state index is 0.169. The van der Waals surface area contributed by atoms with E-state index in [1.54, 1.807) is 11.3 Å². The summed E-state index contributed by atoms with van der Waals surface area (Å²) in [5.41, 5.74) is 4.15. The fraction of sp³-hybridized carbons (Fsp3) is 0.286. The maximum Gasteiger partial charge on any atom is 0.231 e. The molecule has 3 aromatic heterocycles. The second kappa shape index (κ2) is 7.85. The molecule has 1 aliphatic rings. The number of thiophene rings is 1. The van der Waals surface area contributed by atoms with Gasteiger partial charge in [0.05, 0.1) is 12.1 Å². The van der Waals surface area contributed by atoms with E-state index in [4.69, 9.17) is 32.6 Å². The van der Waals surface area contributed by atoms with Gasteiger partial charge < -0.3 is 4.42 Å². The first-order valence-corrected chi connectivity index (χ1v) is 11.4. The molecule has 1 atom stereocenters. The van der Waals surface area contributed by atoms with Gasteiger partial charge >= 0.3 is 0 Å². The van der Waals surface area contributed by atoms with E-state index in [2.05, 4.69) is 38.8 Å². The molecule has 0 amide bonds. The molecule has 10 heteroatoms. The van der Waals surface area contributed by atoms with Gasteiger partial charge in [0.1, 0.15) is 22.7 Å². The van der Waals surface area contributed by atoms with Crippen molar-refractivity contribution in [2.24, 2.45) is 4.99 Å². The number of aliphatic imine (C=N–C) groups is 1. The second-order valence-electron chi connectivity index (χ2n) is 7.33. The van der Waals surface area contributed by atoms with Gasteiger partial charge in [-0.2, -0.15) is 0 Å². The van der Waals surface area contributed by atoms with Crippen molar-refractivity contribution in [3.05, 3.63) is 74.3 Å². The average molecular weight is 473 g/mol. The minimum Gasteiger partial charge on any atom is -0.424 e. The zero-order valence-electron chi connectivity index (χ0n) is 17.1. The lowest BCUT2D eigenvalue weighted by Gasteiger charge is -2.11. The Morgan fingerprint density at radius 3 is 2.48 bits per heavy atom. The van der Waals surface area contributed by atoms with Crippen LogP contribution in [0.25, 0.3) is 5.00 Å². The summed E-state index contributed by atoms with van der Waals surface area (Å²) in [7, 11) is 0. The molecule has 0 radical (unpaired) electrons. The number of rotatable bonds is 4. The van der Waals surface area contributed by atoms with Gasteiger partial charge in [-0.15, -0.1) is 43.3 Å². The zero-order valence-corrected chi connectivity index (χ0v) is 19.4. The van der Waals surface area contributed by atoms with Crippen molar-refractivity contribution in [3.63, 3.8) is 0 Å². The minimum atomic E-state index is -0.352. The number of aryl methyl sites for hydroxylation is 2. The molecule has 0 fully saturated rings. The van der Waals surface area contributed by atoms with Crippen LogP contribution in [0.5, 0.6) is 0 Å². The van der Waals surface area contributed by atoms with Crippen molar-refractivity contribution in [1.29, 1.82) is 0 Å². The Morgan fingerprint density at radius 1 is 1.03 bits per heavy atom. The maximum atomic E-state index is 6.15. The molecule has 1 aliphatic heterocycles. The van der Waals surface area contributed by atoms with E-state index in [0.717, 1.165) is 33.5 Å². The third kappa shape index (κ3) is 3.48. The number of aromatic nitrogens is 5. The molecular formula is C21H18Cl2N6OS. The molecule has 0 saturated heterocycles. The largest absolute Gasteiger partial charge is 0.424 e. The van der Waals surface area contributed by atoms with Crippen molar-refractivity contribution in [1.82, 2.24) is 25.0 Å². The first-order chi connectivity index (χ1) is 15.0. The van der Waals surface area contributed by atoms with E-state index in [9.17, 15) is 0 Å². The van der Waals surface area contributed by atoms with Crippen LogP contribution in [0, 0.1) is 20.8 Å². The van der Waals surface area contributed by atoms with Crippen LogP contribution in [0.3, 0.4) is 0 Å². The van der Waals surface area contributed by atoms with Gasteiger partial charge in [-0.1, -0.05) is 23.7 Å². The lowest BCUT2D eigenvalue weighted by atomic mass is 9.99. The lowest BCUT2D eigenvalue weighted by Crippen LogP contribution is -2.09. The highest BCUT2D eigenvalue weighted by Crippen LogP contribution is 2.39. The molecule has 31 heavy (non-hydrogen) atoms. The Kier molecular flexibility index (Phi) is 5.16. The number of alkyl halides is 1. The first kappa shape index (κ1) is 20.4. The quantitative estimate of drug-likeness (QED) is 0.382. The van der Waals surface area contributed by atoms with Gasteiger partial charge in [0, 0.05) is 21.0 Å². The molecule has 5 rings (SSSR count). The van der Waals surface area contributed by atoms with E-state index in [-0.39, 0.29) is 11.9 Å². The summed E-state index contributed by atoms with van der Waals surface area (Å²) >= 11 is 13.7. The molecule has 1 aromatic carbocycles. The highest BCUT2D eigenvalue weighted by molar-refractivity contribution is 7.15. The summed E-state index contributed by atoms with van der Waals surface area (Å²) in [6.45, 7) is 6.20. The molecule has 0 bridgehead atoms. The van der Waals surface area contributed by atoms with E-state index >= 15 is 0 Å². The average Bonchev–Trinajstić information content (AvgIpc) is 3.42. The van der Waals surface area contributed by atoms with E-state index in [1.807, 2.05) is 31.2 Å². The molecule has 7 nitrogen and oxygen atoms in total. The number of hydrogen-bond donors (Lipinski definition) is 0. The number of nitrogens with zero attached hydrogens (tertiary/aromatic N) is 6. The fourth-order valence-corrected chi connectivity index (χ4v) is 5.17. The number of hydrogen-bond acceptors (Lipinski definition) is 7. The Morgan fingerprint density at radius 2 is 1.77 bits per heavy atom. The van der Waals surface area contributed by atoms with Crippen molar-refractivity contribution in [2.45, 2.75) is 39.1 Å². The van der Waals surface area contributed by atoms with E-state index in [0.29, 0.717) is 23.2 Å². The number of benzene rings is 1. The third-order valence-corrected chi connectivity index (χ3v) is 7.02. The Labute approximate surface area is 192 Å². The van der Waals surface area contributed by atoms with Crippen LogP contribution in [0.1, 0.15) is 51.0 Å². The van der Waals surface area contributed by atoms with Crippen LogP contribution in [0.15, 0.2) is 33.7 Å². The molecule has 0 saturated carbocycles. The van der Waals surface area contributed by atoms with Crippen LogP contribution in [-0.4, -0.2) is 30.7 Å². The fourth-order valence-electron chi connectivity index (χ4n) is 3.72. The second-order valence-corrected chi connectivity index (χ2v) is 9.24. The molecule has 0 spiro atoms. The van der Waals surface area contributed by atoms with Gasteiger partial charge in [-0.3, -0.25) is 9.56 Å². The number of fused-ring (bicyclic) bond motifs is 3. The van der Waals surface area contributed by atoms with Crippen LogP contribution in [0.4, 0.5) is 0 Å².